The fourth-order valence-electron chi connectivity index (χ4n) is 3.88. The van der Waals surface area contributed by atoms with Gasteiger partial charge in [0.15, 0.2) is 6.04 Å². The van der Waals surface area contributed by atoms with E-state index < -0.39 is 6.04 Å². The molecule has 5 heteroatoms. The monoisotopic (exact) mass is 424 g/mol. The van der Waals surface area contributed by atoms with Gasteiger partial charge in [-0.1, -0.05) is 78.9 Å². The highest BCUT2D eigenvalue weighted by molar-refractivity contribution is 5.83. The van der Waals surface area contributed by atoms with Crippen LogP contribution in [0.3, 0.4) is 0 Å². The van der Waals surface area contributed by atoms with Gasteiger partial charge in [0.25, 0.3) is 0 Å². The molecule has 1 aromatic heterocycles. The van der Waals surface area contributed by atoms with Crippen LogP contribution >= 0.6 is 0 Å². The van der Waals surface area contributed by atoms with Crippen LogP contribution in [0.25, 0.3) is 11.1 Å². The first-order valence-corrected chi connectivity index (χ1v) is 10.8. The van der Waals surface area contributed by atoms with Gasteiger partial charge < -0.3 is 10.2 Å². The van der Waals surface area contributed by atoms with Crippen LogP contribution in [0, 0.1) is 0 Å². The first-order chi connectivity index (χ1) is 15.6. The SMILES string of the molecule is CN(C)Cc1ccc(-c2ccccc2CNC(=O)C(c2ccccc2)n2cccn2)cc1. The predicted octanol–water partition coefficient (Wildman–Crippen LogP) is 4.52. The molecular weight excluding hydrogens is 396 g/mol. The summed E-state index contributed by atoms with van der Waals surface area (Å²) in [4.78, 5) is 15.4. The predicted molar refractivity (Wildman–Crippen MR) is 128 cm³/mol. The van der Waals surface area contributed by atoms with Gasteiger partial charge in [0, 0.05) is 25.5 Å². The van der Waals surface area contributed by atoms with Gasteiger partial charge in [-0.3, -0.25) is 9.48 Å². The molecule has 0 fully saturated rings. The lowest BCUT2D eigenvalue weighted by Gasteiger charge is -2.19. The molecule has 0 saturated carbocycles. The van der Waals surface area contributed by atoms with Crippen molar-refractivity contribution in [2.45, 2.75) is 19.1 Å². The number of hydrogen-bond acceptors (Lipinski definition) is 3. The van der Waals surface area contributed by atoms with E-state index in [0.29, 0.717) is 6.54 Å². The molecular formula is C27H28N4O. The molecule has 4 rings (SSSR count). The van der Waals surface area contributed by atoms with Crippen LogP contribution in [0.4, 0.5) is 0 Å². The molecule has 1 unspecified atom stereocenters. The minimum Gasteiger partial charge on any atom is -0.350 e. The normalized spacial score (nSPS) is 12.0. The molecule has 0 bridgehead atoms. The van der Waals surface area contributed by atoms with Crippen molar-refractivity contribution in [2.75, 3.05) is 14.1 Å². The lowest BCUT2D eigenvalue weighted by Crippen LogP contribution is -2.33. The lowest BCUT2D eigenvalue weighted by molar-refractivity contribution is -0.123. The van der Waals surface area contributed by atoms with Gasteiger partial charge >= 0.3 is 0 Å². The third-order valence-corrected chi connectivity index (χ3v) is 5.39. The molecule has 0 aliphatic heterocycles. The molecule has 1 N–H and O–H groups in total. The molecule has 0 radical (unpaired) electrons. The number of benzene rings is 3. The Morgan fingerprint density at radius 1 is 0.938 bits per heavy atom. The maximum absolute atomic E-state index is 13.2. The number of nitrogens with zero attached hydrogens (tertiary/aromatic N) is 3. The topological polar surface area (TPSA) is 50.2 Å². The van der Waals surface area contributed by atoms with E-state index in [-0.39, 0.29) is 5.91 Å². The van der Waals surface area contributed by atoms with E-state index in [1.54, 1.807) is 10.9 Å². The number of carbonyl (C=O) groups is 1. The zero-order valence-corrected chi connectivity index (χ0v) is 18.5. The summed E-state index contributed by atoms with van der Waals surface area (Å²) >= 11 is 0. The van der Waals surface area contributed by atoms with Gasteiger partial charge in [0.05, 0.1) is 0 Å². The number of amides is 1. The van der Waals surface area contributed by atoms with Gasteiger partial charge in [-0.15, -0.1) is 0 Å². The molecule has 1 amide bonds. The lowest BCUT2D eigenvalue weighted by atomic mass is 9.98. The van der Waals surface area contributed by atoms with Crippen molar-refractivity contribution in [3.05, 3.63) is 114 Å². The summed E-state index contributed by atoms with van der Waals surface area (Å²) in [5.74, 6) is -0.0870. The summed E-state index contributed by atoms with van der Waals surface area (Å²) < 4.78 is 1.69. The second kappa shape index (κ2) is 10.1. The van der Waals surface area contributed by atoms with Crippen molar-refractivity contribution < 1.29 is 4.79 Å². The van der Waals surface area contributed by atoms with Crippen molar-refractivity contribution in [1.82, 2.24) is 20.0 Å². The maximum Gasteiger partial charge on any atom is 0.249 e. The van der Waals surface area contributed by atoms with Gasteiger partial charge in [-0.2, -0.15) is 5.10 Å². The second-order valence-electron chi connectivity index (χ2n) is 8.11. The van der Waals surface area contributed by atoms with Crippen LogP contribution in [0.5, 0.6) is 0 Å². The molecule has 0 aliphatic rings. The van der Waals surface area contributed by atoms with E-state index in [0.717, 1.165) is 28.8 Å². The number of aromatic nitrogens is 2. The Hall–Kier alpha value is -3.70. The van der Waals surface area contributed by atoms with Crippen LogP contribution in [0.1, 0.15) is 22.7 Å². The summed E-state index contributed by atoms with van der Waals surface area (Å²) in [6.45, 7) is 1.35. The van der Waals surface area contributed by atoms with E-state index in [2.05, 4.69) is 65.8 Å². The van der Waals surface area contributed by atoms with Crippen molar-refractivity contribution >= 4 is 5.91 Å². The largest absolute Gasteiger partial charge is 0.350 e. The average molecular weight is 425 g/mol. The highest BCUT2D eigenvalue weighted by atomic mass is 16.2. The van der Waals surface area contributed by atoms with Crippen molar-refractivity contribution in [2.24, 2.45) is 0 Å². The zero-order valence-electron chi connectivity index (χ0n) is 18.5. The molecule has 32 heavy (non-hydrogen) atoms. The Bertz CT molecular complexity index is 1140. The quantitative estimate of drug-likeness (QED) is 0.453. The van der Waals surface area contributed by atoms with Crippen LogP contribution < -0.4 is 5.32 Å². The maximum atomic E-state index is 13.2. The summed E-state index contributed by atoms with van der Waals surface area (Å²) in [6.07, 6.45) is 3.51. The number of nitrogens with one attached hydrogen (secondary N) is 1. The molecule has 162 valence electrons. The van der Waals surface area contributed by atoms with Crippen molar-refractivity contribution in [3.63, 3.8) is 0 Å². The average Bonchev–Trinajstić information content (AvgIpc) is 3.33. The van der Waals surface area contributed by atoms with E-state index in [1.807, 2.05) is 54.7 Å². The first kappa shape index (κ1) is 21.5. The summed E-state index contributed by atoms with van der Waals surface area (Å²) in [7, 11) is 4.13. The second-order valence-corrected chi connectivity index (χ2v) is 8.11. The third-order valence-electron chi connectivity index (χ3n) is 5.39. The van der Waals surface area contributed by atoms with E-state index >= 15 is 0 Å². The number of hydrogen-bond donors (Lipinski definition) is 1. The standard InChI is InChI=1S/C27H28N4O/c1-30(2)20-21-13-15-22(16-14-21)25-12-7-6-11-24(25)19-28-27(32)26(31-18-8-17-29-31)23-9-4-3-5-10-23/h3-18,26H,19-20H2,1-2H3,(H,28,32). The molecule has 1 atom stereocenters. The summed E-state index contributed by atoms with van der Waals surface area (Å²) in [6, 6.07) is 27.9. The van der Waals surface area contributed by atoms with Crippen LogP contribution in [-0.2, 0) is 17.9 Å². The molecule has 1 heterocycles. The van der Waals surface area contributed by atoms with Crippen LogP contribution in [-0.4, -0.2) is 34.7 Å². The third kappa shape index (κ3) is 5.13. The molecule has 5 nitrogen and oxygen atoms in total. The summed E-state index contributed by atoms with van der Waals surface area (Å²) in [5, 5.41) is 7.44. The number of carbonyl (C=O) groups excluding carboxylic acids is 1. The summed E-state index contributed by atoms with van der Waals surface area (Å²) in [5.41, 5.74) is 5.52. The smallest absolute Gasteiger partial charge is 0.249 e. The fraction of sp³-hybridized carbons (Fsp3) is 0.185. The molecule has 4 aromatic rings. The van der Waals surface area contributed by atoms with E-state index in [9.17, 15) is 4.79 Å². The molecule has 0 aliphatic carbocycles. The highest BCUT2D eigenvalue weighted by Crippen LogP contribution is 2.25. The van der Waals surface area contributed by atoms with Gasteiger partial charge in [0.2, 0.25) is 5.91 Å². The van der Waals surface area contributed by atoms with Gasteiger partial charge in [-0.25, -0.2) is 0 Å². The molecule has 0 spiro atoms. The van der Waals surface area contributed by atoms with E-state index in [4.69, 9.17) is 0 Å². The Balaban J connectivity index is 1.53. The van der Waals surface area contributed by atoms with Crippen LogP contribution in [0.15, 0.2) is 97.3 Å². The minimum absolute atomic E-state index is 0.0870. The molecule has 3 aromatic carbocycles. The van der Waals surface area contributed by atoms with E-state index in [1.165, 1.54) is 5.56 Å². The van der Waals surface area contributed by atoms with Crippen molar-refractivity contribution in [3.8, 4) is 11.1 Å². The van der Waals surface area contributed by atoms with Gasteiger partial charge in [0.1, 0.15) is 0 Å². The Morgan fingerprint density at radius 2 is 1.66 bits per heavy atom. The number of rotatable bonds is 8. The van der Waals surface area contributed by atoms with Gasteiger partial charge in [-0.05, 0) is 48.0 Å². The Labute approximate surface area is 189 Å². The van der Waals surface area contributed by atoms with Crippen molar-refractivity contribution in [1.29, 1.82) is 0 Å². The Kier molecular flexibility index (Phi) is 6.78. The zero-order chi connectivity index (χ0) is 22.3. The van der Waals surface area contributed by atoms with Crippen LogP contribution in [0.2, 0.25) is 0 Å². The minimum atomic E-state index is -0.510. The Morgan fingerprint density at radius 3 is 2.34 bits per heavy atom. The fourth-order valence-corrected chi connectivity index (χ4v) is 3.88. The molecule has 0 saturated heterocycles. The first-order valence-electron chi connectivity index (χ1n) is 10.8. The highest BCUT2D eigenvalue weighted by Gasteiger charge is 2.22.